The summed E-state index contributed by atoms with van der Waals surface area (Å²) in [5, 5.41) is 3.00. The molecule has 1 heterocycles. The highest BCUT2D eigenvalue weighted by Crippen LogP contribution is 2.20. The Morgan fingerprint density at radius 1 is 1.14 bits per heavy atom. The molecule has 0 bridgehead atoms. The number of rotatable bonds is 8. The predicted octanol–water partition coefficient (Wildman–Crippen LogP) is 2.93. The fraction of sp³-hybridized carbons (Fsp3) is 0.474. The fourth-order valence-corrected chi connectivity index (χ4v) is 3.26. The lowest BCUT2D eigenvalue weighted by Gasteiger charge is -2.20. The minimum absolute atomic E-state index is 0.0187. The van der Waals surface area contributed by atoms with Gasteiger partial charge in [-0.15, -0.1) is 5.06 Å². The van der Waals surface area contributed by atoms with Crippen LogP contribution in [0, 0.1) is 5.82 Å². The fourth-order valence-electron chi connectivity index (χ4n) is 2.54. The van der Waals surface area contributed by atoms with Crippen LogP contribution < -0.4 is 5.32 Å². The lowest BCUT2D eigenvalue weighted by molar-refractivity contribution is -0.197. The Morgan fingerprint density at radius 3 is 2.28 bits per heavy atom. The van der Waals surface area contributed by atoms with Gasteiger partial charge in [-0.2, -0.15) is 0 Å². The van der Waals surface area contributed by atoms with E-state index in [2.05, 4.69) is 25.0 Å². The van der Waals surface area contributed by atoms with Crippen LogP contribution in [0.1, 0.15) is 30.9 Å². The van der Waals surface area contributed by atoms with Crippen molar-refractivity contribution in [3.63, 3.8) is 0 Å². The van der Waals surface area contributed by atoms with E-state index in [0.29, 0.717) is 10.6 Å². The Bertz CT molecular complexity index is 762. The van der Waals surface area contributed by atoms with Gasteiger partial charge in [-0.25, -0.2) is 14.0 Å². The molecule has 0 aromatic heterocycles. The van der Waals surface area contributed by atoms with Crippen LogP contribution >= 0.6 is 0 Å². The van der Waals surface area contributed by atoms with Gasteiger partial charge in [0.05, 0.1) is 19.1 Å². The Labute approximate surface area is 169 Å². The Kier molecular flexibility index (Phi) is 7.49. The molecule has 158 valence electrons. The van der Waals surface area contributed by atoms with E-state index in [1.54, 1.807) is 0 Å². The quantitative estimate of drug-likeness (QED) is 0.509. The Morgan fingerprint density at radius 2 is 1.72 bits per heavy atom. The van der Waals surface area contributed by atoms with Crippen molar-refractivity contribution in [2.45, 2.75) is 51.0 Å². The number of imide groups is 1. The minimum atomic E-state index is -1.38. The van der Waals surface area contributed by atoms with Crippen molar-refractivity contribution in [1.29, 1.82) is 0 Å². The van der Waals surface area contributed by atoms with Crippen molar-refractivity contribution in [2.24, 2.45) is 0 Å². The van der Waals surface area contributed by atoms with E-state index in [9.17, 15) is 23.6 Å². The van der Waals surface area contributed by atoms with Crippen LogP contribution in [0.3, 0.4) is 0 Å². The lowest BCUT2D eigenvalue weighted by Crippen LogP contribution is -2.36. The molecule has 1 unspecified atom stereocenters. The van der Waals surface area contributed by atoms with E-state index in [-0.39, 0.29) is 25.9 Å². The van der Waals surface area contributed by atoms with E-state index in [1.807, 2.05) is 0 Å². The number of hydrogen-bond donors (Lipinski definition) is 1. The molecule has 0 aliphatic carbocycles. The molecular formula is C19H25FN2O6Si. The average Bonchev–Trinajstić information content (AvgIpc) is 2.92. The number of ether oxygens (including phenoxy) is 1. The minimum Gasteiger partial charge on any atom is -0.450 e. The van der Waals surface area contributed by atoms with Gasteiger partial charge in [-0.1, -0.05) is 31.8 Å². The third-order valence-electron chi connectivity index (χ3n) is 4.22. The largest absolute Gasteiger partial charge is 0.450 e. The molecule has 1 aliphatic heterocycles. The van der Waals surface area contributed by atoms with Crippen LogP contribution in [0.4, 0.5) is 9.18 Å². The van der Waals surface area contributed by atoms with Crippen LogP contribution in [-0.4, -0.2) is 43.6 Å². The van der Waals surface area contributed by atoms with Gasteiger partial charge in [0.15, 0.2) is 0 Å². The molecule has 10 heteroatoms. The highest BCUT2D eigenvalue weighted by molar-refractivity contribution is 6.76. The molecule has 0 radical (unpaired) electrons. The zero-order valence-electron chi connectivity index (χ0n) is 16.7. The van der Waals surface area contributed by atoms with Gasteiger partial charge in [0.2, 0.25) is 0 Å². The molecule has 1 aliphatic rings. The number of nitrogens with one attached hydrogen (secondary N) is 1. The molecule has 0 spiro atoms. The number of amides is 3. The normalized spacial score (nSPS) is 15.2. The van der Waals surface area contributed by atoms with E-state index < -0.39 is 43.8 Å². The van der Waals surface area contributed by atoms with E-state index in [0.717, 1.165) is 6.04 Å². The number of carbonyl (C=O) groups is 4. The predicted molar refractivity (Wildman–Crippen MR) is 104 cm³/mol. The summed E-state index contributed by atoms with van der Waals surface area (Å²) in [5.41, 5.74) is 0.449. The molecule has 2 rings (SSSR count). The second-order valence-corrected chi connectivity index (χ2v) is 13.6. The summed E-state index contributed by atoms with van der Waals surface area (Å²) >= 11 is 0. The highest BCUT2D eigenvalue weighted by atomic mass is 28.3. The number of hydroxylamine groups is 2. The van der Waals surface area contributed by atoms with Crippen LogP contribution in [0.15, 0.2) is 24.3 Å². The monoisotopic (exact) mass is 424 g/mol. The molecule has 0 saturated carbocycles. The SMILES string of the molecule is C[Si](C)(C)CCOC(=O)NC(CC(=O)ON1C(=O)CCC1=O)c1ccc(F)cc1. The molecule has 1 N–H and O–H groups in total. The van der Waals surface area contributed by atoms with Gasteiger partial charge in [0.1, 0.15) is 5.82 Å². The summed E-state index contributed by atoms with van der Waals surface area (Å²) in [7, 11) is -1.38. The summed E-state index contributed by atoms with van der Waals surface area (Å²) in [6.07, 6.45) is -1.13. The van der Waals surface area contributed by atoms with Crippen molar-refractivity contribution in [3.8, 4) is 0 Å². The van der Waals surface area contributed by atoms with Crippen LogP contribution in [0.25, 0.3) is 0 Å². The van der Waals surface area contributed by atoms with Crippen molar-refractivity contribution in [1.82, 2.24) is 10.4 Å². The maximum atomic E-state index is 13.2. The Balaban J connectivity index is 2.02. The summed E-state index contributed by atoms with van der Waals surface area (Å²) in [6, 6.07) is 5.13. The summed E-state index contributed by atoms with van der Waals surface area (Å²) in [6.45, 7) is 6.69. The smallest absolute Gasteiger partial charge is 0.407 e. The number of carbonyl (C=O) groups excluding carboxylic acids is 4. The molecular weight excluding hydrogens is 399 g/mol. The number of nitrogens with zero attached hydrogens (tertiary/aromatic N) is 1. The summed E-state index contributed by atoms with van der Waals surface area (Å²) in [4.78, 5) is 52.4. The highest BCUT2D eigenvalue weighted by Gasteiger charge is 2.33. The van der Waals surface area contributed by atoms with E-state index in [1.165, 1.54) is 24.3 Å². The molecule has 1 atom stereocenters. The first-order chi connectivity index (χ1) is 13.5. The Hall–Kier alpha value is -2.75. The third-order valence-corrected chi connectivity index (χ3v) is 5.92. The maximum absolute atomic E-state index is 13.2. The molecule has 1 aromatic rings. The third kappa shape index (κ3) is 7.30. The maximum Gasteiger partial charge on any atom is 0.407 e. The van der Waals surface area contributed by atoms with Gasteiger partial charge in [0, 0.05) is 20.9 Å². The molecule has 1 saturated heterocycles. The number of alkyl carbamates (subject to hydrolysis) is 1. The number of hydrogen-bond acceptors (Lipinski definition) is 6. The standard InChI is InChI=1S/C19H25FN2O6Si/c1-29(2,3)11-10-27-19(26)21-15(13-4-6-14(20)7-5-13)12-18(25)28-22-16(23)8-9-17(22)24/h4-7,15H,8-12H2,1-3H3,(H,21,26). The van der Waals surface area contributed by atoms with Crippen molar-refractivity contribution in [3.05, 3.63) is 35.6 Å². The topological polar surface area (TPSA) is 102 Å². The molecule has 1 aromatic carbocycles. The van der Waals surface area contributed by atoms with Crippen LogP contribution in [-0.2, 0) is 24.0 Å². The second-order valence-electron chi connectivity index (χ2n) is 7.94. The molecule has 3 amide bonds. The van der Waals surface area contributed by atoms with Crippen molar-refractivity contribution in [2.75, 3.05) is 6.61 Å². The molecule has 29 heavy (non-hydrogen) atoms. The van der Waals surface area contributed by atoms with Crippen molar-refractivity contribution >= 4 is 32.0 Å². The lowest BCUT2D eigenvalue weighted by atomic mass is 10.0. The number of halogens is 1. The van der Waals surface area contributed by atoms with Crippen molar-refractivity contribution < 1.29 is 33.1 Å². The zero-order valence-corrected chi connectivity index (χ0v) is 17.7. The second kappa shape index (κ2) is 9.64. The van der Waals surface area contributed by atoms with Gasteiger partial charge in [-0.05, 0) is 23.7 Å². The van der Waals surface area contributed by atoms with Crippen LogP contribution in [0.2, 0.25) is 25.7 Å². The summed E-state index contributed by atoms with van der Waals surface area (Å²) < 4.78 is 18.4. The van der Waals surface area contributed by atoms with Gasteiger partial charge in [-0.3, -0.25) is 9.59 Å². The summed E-state index contributed by atoms with van der Waals surface area (Å²) in [5.74, 6) is -2.55. The first-order valence-electron chi connectivity index (χ1n) is 9.30. The van der Waals surface area contributed by atoms with Gasteiger partial charge >= 0.3 is 12.1 Å². The first kappa shape index (κ1) is 22.5. The first-order valence-corrected chi connectivity index (χ1v) is 13.0. The van der Waals surface area contributed by atoms with Crippen LogP contribution in [0.5, 0.6) is 0 Å². The van der Waals surface area contributed by atoms with E-state index >= 15 is 0 Å². The number of benzene rings is 1. The molecule has 1 fully saturated rings. The van der Waals surface area contributed by atoms with E-state index in [4.69, 9.17) is 9.57 Å². The van der Waals surface area contributed by atoms with Gasteiger partial charge < -0.3 is 14.9 Å². The van der Waals surface area contributed by atoms with Gasteiger partial charge in [0.25, 0.3) is 11.8 Å². The average molecular weight is 425 g/mol. The zero-order chi connectivity index (χ0) is 21.6. The molecule has 8 nitrogen and oxygen atoms in total.